The molecule has 1 aliphatic rings. The number of aliphatic hydroxyl groups excluding tert-OH is 2. The van der Waals surface area contributed by atoms with E-state index in [9.17, 15) is 14.6 Å². The smallest absolute Gasteiger partial charge is 0.392 e. The molecule has 206 valence electrons. The molecule has 36 heavy (non-hydrogen) atoms. The SMILES string of the molecule is C#C[C@]1(CO)O[C@@H](n2cnc3c(N)nc(F)nc32)C[C@@H]1O.O=P(O)(O)O.O=P(O)(O)O.O=P(O)(O)O. The molecule has 1 saturated heterocycles. The molecular formula is C12H21FN5O15P3. The van der Waals surface area contributed by atoms with Gasteiger partial charge in [-0.15, -0.1) is 6.42 Å². The largest absolute Gasteiger partial charge is 0.466 e. The van der Waals surface area contributed by atoms with E-state index in [-0.39, 0.29) is 23.4 Å². The van der Waals surface area contributed by atoms with Crippen LogP contribution in [-0.4, -0.2) is 92.1 Å². The molecule has 0 unspecified atom stereocenters. The average molecular weight is 587 g/mol. The number of hydrogen-bond acceptors (Lipinski definition) is 10. The minimum Gasteiger partial charge on any atom is -0.392 e. The van der Waals surface area contributed by atoms with Crippen LogP contribution in [0.1, 0.15) is 12.6 Å². The maximum atomic E-state index is 13.3. The van der Waals surface area contributed by atoms with Gasteiger partial charge in [0.2, 0.25) is 0 Å². The van der Waals surface area contributed by atoms with E-state index in [1.54, 1.807) is 0 Å². The zero-order valence-electron chi connectivity index (χ0n) is 17.4. The highest BCUT2D eigenvalue weighted by molar-refractivity contribution is 7.45. The lowest BCUT2D eigenvalue weighted by Crippen LogP contribution is -2.41. The Kier molecular flexibility index (Phi) is 12.3. The van der Waals surface area contributed by atoms with E-state index in [1.165, 1.54) is 10.9 Å². The van der Waals surface area contributed by atoms with Crippen molar-refractivity contribution >= 4 is 40.4 Å². The second kappa shape index (κ2) is 13.0. The molecule has 2 aromatic rings. The maximum Gasteiger partial charge on any atom is 0.466 e. The predicted octanol–water partition coefficient (Wildman–Crippen LogP) is -3.59. The van der Waals surface area contributed by atoms with Crippen LogP contribution in [-0.2, 0) is 18.4 Å². The summed E-state index contributed by atoms with van der Waals surface area (Å²) in [6.45, 7) is -0.542. The number of nitrogens with two attached hydrogens (primary N) is 1. The Balaban J connectivity index is 0.000000672. The summed E-state index contributed by atoms with van der Waals surface area (Å²) < 4.78 is 46.9. The van der Waals surface area contributed by atoms with E-state index in [4.69, 9.17) is 74.6 Å². The molecule has 0 aromatic carbocycles. The van der Waals surface area contributed by atoms with Gasteiger partial charge >= 0.3 is 29.5 Å². The summed E-state index contributed by atoms with van der Waals surface area (Å²) in [7, 11) is -13.9. The van der Waals surface area contributed by atoms with Gasteiger partial charge in [-0.05, 0) is 0 Å². The van der Waals surface area contributed by atoms with Crippen molar-refractivity contribution in [2.24, 2.45) is 0 Å². The van der Waals surface area contributed by atoms with Crippen LogP contribution in [0, 0.1) is 18.4 Å². The summed E-state index contributed by atoms with van der Waals surface area (Å²) in [5.41, 5.74) is 4.42. The highest BCUT2D eigenvalue weighted by atomic mass is 31.2. The Labute approximate surface area is 199 Å². The van der Waals surface area contributed by atoms with E-state index in [2.05, 4.69) is 20.9 Å². The molecule has 0 aliphatic carbocycles. The third-order valence-corrected chi connectivity index (χ3v) is 3.52. The van der Waals surface area contributed by atoms with Crippen molar-refractivity contribution in [3.05, 3.63) is 12.4 Å². The monoisotopic (exact) mass is 587 g/mol. The number of terminal acetylenes is 1. The van der Waals surface area contributed by atoms with Gasteiger partial charge < -0.3 is 64.7 Å². The Bertz CT molecular complexity index is 1130. The number of rotatable bonds is 2. The van der Waals surface area contributed by atoms with Crippen LogP contribution in [0.2, 0.25) is 0 Å². The van der Waals surface area contributed by atoms with Crippen molar-refractivity contribution in [2.75, 3.05) is 12.3 Å². The highest BCUT2D eigenvalue weighted by Gasteiger charge is 2.47. The number of phosphoric acid groups is 3. The van der Waals surface area contributed by atoms with Crippen LogP contribution in [0.15, 0.2) is 6.33 Å². The van der Waals surface area contributed by atoms with Crippen LogP contribution in [0.3, 0.4) is 0 Å². The molecule has 0 saturated carbocycles. The number of nitrogens with zero attached hydrogens (tertiary/aromatic N) is 4. The molecule has 0 radical (unpaired) electrons. The number of halogens is 1. The summed E-state index contributed by atoms with van der Waals surface area (Å²) in [5, 5.41) is 19.3. The number of aliphatic hydroxyl groups is 2. The topological polar surface area (TPSA) is 353 Å². The molecule has 3 rings (SSSR count). The fraction of sp³-hybridized carbons (Fsp3) is 0.417. The quantitative estimate of drug-likeness (QED) is 0.0917. The van der Waals surface area contributed by atoms with Crippen molar-refractivity contribution < 1.29 is 77.1 Å². The van der Waals surface area contributed by atoms with Gasteiger partial charge in [-0.3, -0.25) is 4.57 Å². The molecular weight excluding hydrogens is 566 g/mol. The Morgan fingerprint density at radius 3 is 1.89 bits per heavy atom. The van der Waals surface area contributed by atoms with Crippen LogP contribution in [0.4, 0.5) is 10.2 Å². The molecule has 3 atom stereocenters. The van der Waals surface area contributed by atoms with Crippen LogP contribution < -0.4 is 5.73 Å². The van der Waals surface area contributed by atoms with Crippen molar-refractivity contribution in [1.82, 2.24) is 19.5 Å². The Morgan fingerprint density at radius 1 is 1.08 bits per heavy atom. The molecule has 1 fully saturated rings. The average Bonchev–Trinajstić information content (AvgIpc) is 3.18. The lowest BCUT2D eigenvalue weighted by atomic mass is 9.99. The fourth-order valence-corrected chi connectivity index (χ4v) is 2.36. The first kappa shape index (κ1) is 34.0. The minimum absolute atomic E-state index is 0.0971. The summed E-state index contributed by atoms with van der Waals surface area (Å²) in [6.07, 6.45) is 3.95. The number of fused-ring (bicyclic) bond motifs is 1. The van der Waals surface area contributed by atoms with Crippen molar-refractivity contribution in [3.63, 3.8) is 0 Å². The molecule has 24 heteroatoms. The first-order valence-electron chi connectivity index (χ1n) is 8.45. The van der Waals surface area contributed by atoms with E-state index in [1.807, 2.05) is 0 Å². The highest BCUT2D eigenvalue weighted by Crippen LogP contribution is 2.37. The second-order valence-electron chi connectivity index (χ2n) is 6.26. The van der Waals surface area contributed by atoms with Crippen molar-refractivity contribution in [3.8, 4) is 12.3 Å². The lowest BCUT2D eigenvalue weighted by molar-refractivity contribution is -0.0891. The zero-order valence-corrected chi connectivity index (χ0v) is 20.0. The van der Waals surface area contributed by atoms with Gasteiger partial charge in [-0.1, -0.05) is 5.92 Å². The van der Waals surface area contributed by atoms with Crippen molar-refractivity contribution in [2.45, 2.75) is 24.4 Å². The minimum atomic E-state index is -4.64. The van der Waals surface area contributed by atoms with E-state index in [0.717, 1.165) is 0 Å². The van der Waals surface area contributed by atoms with Crippen molar-refractivity contribution in [1.29, 1.82) is 0 Å². The lowest BCUT2D eigenvalue weighted by Gasteiger charge is -2.23. The van der Waals surface area contributed by atoms with Gasteiger partial charge in [0, 0.05) is 6.42 Å². The number of ether oxygens (including phenoxy) is 1. The first-order chi connectivity index (χ1) is 16.0. The fourth-order valence-electron chi connectivity index (χ4n) is 2.36. The zero-order chi connectivity index (χ0) is 28.7. The van der Waals surface area contributed by atoms with E-state index >= 15 is 0 Å². The molecule has 13 N–H and O–H groups in total. The van der Waals surface area contributed by atoms with Gasteiger partial charge in [0.1, 0.15) is 12.3 Å². The normalized spacial score (nSPS) is 21.8. The van der Waals surface area contributed by atoms with Gasteiger partial charge in [-0.2, -0.15) is 14.4 Å². The van der Waals surface area contributed by atoms with Crippen LogP contribution in [0.25, 0.3) is 11.2 Å². The third-order valence-electron chi connectivity index (χ3n) is 3.52. The second-order valence-corrected chi connectivity index (χ2v) is 9.34. The standard InChI is InChI=1S/C12H12FN5O3.3H3O4P/c1-2-12(4-19)6(20)3-7(21-12)18-5-15-8-9(14)16-11(13)17-10(8)18;3*1-5(2,3)4/h1,5-7,19-20H,3-4H2,(H2,14,16,17);3*(H3,1,2,3,4)/t6-,7+,12+;;;/m0.../s1. The molecule has 0 bridgehead atoms. The first-order valence-corrected chi connectivity index (χ1v) is 13.1. The Hall–Kier alpha value is -1.95. The predicted molar refractivity (Wildman–Crippen MR) is 112 cm³/mol. The molecule has 2 aromatic heterocycles. The summed E-state index contributed by atoms with van der Waals surface area (Å²) >= 11 is 0. The molecule has 3 heterocycles. The summed E-state index contributed by atoms with van der Waals surface area (Å²) in [5.74, 6) is 2.16. The summed E-state index contributed by atoms with van der Waals surface area (Å²) in [6, 6.07) is 0. The maximum absolute atomic E-state index is 13.3. The number of aromatic nitrogens is 4. The Morgan fingerprint density at radius 2 is 1.53 bits per heavy atom. The number of nitrogen functional groups attached to an aromatic ring is 1. The molecule has 1 aliphatic heterocycles. The van der Waals surface area contributed by atoms with Crippen LogP contribution >= 0.6 is 23.5 Å². The molecule has 0 spiro atoms. The van der Waals surface area contributed by atoms with Crippen LogP contribution in [0.5, 0.6) is 0 Å². The van der Waals surface area contributed by atoms with E-state index in [0.29, 0.717) is 0 Å². The number of imidazole rings is 1. The summed E-state index contributed by atoms with van der Waals surface area (Å²) in [4.78, 5) is 75.7. The molecule has 20 nitrogen and oxygen atoms in total. The van der Waals surface area contributed by atoms with E-state index < -0.39 is 54.1 Å². The van der Waals surface area contributed by atoms with Gasteiger partial charge in [0.15, 0.2) is 22.6 Å². The number of anilines is 1. The number of hydrogen-bond donors (Lipinski definition) is 12. The molecule has 0 amide bonds. The third kappa shape index (κ3) is 13.4. The van der Waals surface area contributed by atoms with Gasteiger partial charge in [0.25, 0.3) is 0 Å². The van der Waals surface area contributed by atoms with Gasteiger partial charge in [-0.25, -0.2) is 18.7 Å². The van der Waals surface area contributed by atoms with Gasteiger partial charge in [0.05, 0.1) is 12.9 Å².